The number of ether oxygens (including phenoxy) is 1. The Balaban J connectivity index is 0.00000190. The van der Waals surface area contributed by atoms with Crippen LogP contribution in [0.3, 0.4) is 0 Å². The molecule has 1 aliphatic carbocycles. The first-order valence-corrected chi connectivity index (χ1v) is 13.5. The normalized spacial score (nSPS) is 22.7. The Morgan fingerprint density at radius 1 is 0.919 bits per heavy atom. The first-order valence-electron chi connectivity index (χ1n) is 13.1. The predicted octanol–water partition coefficient (Wildman–Crippen LogP) is 6.95. The highest BCUT2D eigenvalue weighted by molar-refractivity contribution is 6.32. The molecule has 2 atom stereocenters. The van der Waals surface area contributed by atoms with Crippen LogP contribution in [-0.2, 0) is 13.0 Å². The first kappa shape index (κ1) is 30.0. The van der Waals surface area contributed by atoms with Crippen LogP contribution in [-0.4, -0.2) is 40.8 Å². The molecule has 4 nitrogen and oxygen atoms in total. The van der Waals surface area contributed by atoms with Crippen LogP contribution in [0.25, 0.3) is 10.8 Å². The summed E-state index contributed by atoms with van der Waals surface area (Å²) < 4.78 is 6.05. The van der Waals surface area contributed by atoms with Gasteiger partial charge in [-0.1, -0.05) is 66.9 Å². The number of aryl methyl sites for hydroxylation is 1. The molecule has 1 saturated carbocycles. The van der Waals surface area contributed by atoms with Crippen LogP contribution >= 0.6 is 36.4 Å². The van der Waals surface area contributed by atoms with E-state index in [0.29, 0.717) is 23.4 Å². The average Bonchev–Trinajstić information content (AvgIpc) is 2.88. The van der Waals surface area contributed by atoms with Crippen molar-refractivity contribution in [2.75, 3.05) is 13.1 Å². The summed E-state index contributed by atoms with van der Waals surface area (Å²) in [6.07, 6.45) is 7.88. The molecule has 0 amide bonds. The maximum atomic E-state index is 11.7. The Bertz CT molecular complexity index is 1150. The van der Waals surface area contributed by atoms with Crippen LogP contribution in [0.2, 0.25) is 5.02 Å². The number of halogens is 3. The summed E-state index contributed by atoms with van der Waals surface area (Å²) in [4.78, 5) is 2.50. The molecule has 3 N–H and O–H groups in total. The van der Waals surface area contributed by atoms with Gasteiger partial charge in [-0.2, -0.15) is 0 Å². The molecule has 1 saturated heterocycles. The van der Waals surface area contributed by atoms with Crippen molar-refractivity contribution in [3.63, 3.8) is 0 Å². The molecule has 5 rings (SSSR count). The minimum Gasteiger partial charge on any atom is -0.487 e. The molecular formula is C30H39Cl3N2O2. The minimum atomic E-state index is -0.641. The lowest BCUT2D eigenvalue weighted by Gasteiger charge is -2.48. The van der Waals surface area contributed by atoms with Crippen LogP contribution in [0, 0.1) is 0 Å². The Kier molecular flexibility index (Phi) is 11.0. The predicted molar refractivity (Wildman–Crippen MR) is 159 cm³/mol. The smallest absolute Gasteiger partial charge is 0.138 e. The van der Waals surface area contributed by atoms with Crippen LogP contribution in [0.4, 0.5) is 0 Å². The van der Waals surface area contributed by atoms with Gasteiger partial charge in [0.1, 0.15) is 12.4 Å². The fourth-order valence-corrected chi connectivity index (χ4v) is 6.17. The number of likely N-dealkylation sites (tertiary alicyclic amines) is 1. The summed E-state index contributed by atoms with van der Waals surface area (Å²) in [7, 11) is 0. The maximum absolute atomic E-state index is 11.7. The number of hydrogen-bond donors (Lipinski definition) is 2. The second-order valence-electron chi connectivity index (χ2n) is 10.5. The fourth-order valence-electron chi connectivity index (χ4n) is 5.92. The lowest BCUT2D eigenvalue weighted by atomic mass is 9.75. The summed E-state index contributed by atoms with van der Waals surface area (Å²) in [6.45, 7) is 2.48. The number of fused-ring (bicyclic) bond motifs is 1. The van der Waals surface area contributed by atoms with Gasteiger partial charge in [0.05, 0.1) is 10.6 Å². The lowest BCUT2D eigenvalue weighted by Crippen LogP contribution is -2.57. The molecule has 0 spiro atoms. The van der Waals surface area contributed by atoms with E-state index in [-0.39, 0.29) is 30.9 Å². The fraction of sp³-hybridized carbons (Fsp3) is 0.467. The Morgan fingerprint density at radius 2 is 1.65 bits per heavy atom. The third kappa shape index (κ3) is 7.32. The molecule has 3 aromatic rings. The first-order chi connectivity index (χ1) is 17.0. The highest BCUT2D eigenvalue weighted by atomic mass is 35.5. The maximum Gasteiger partial charge on any atom is 0.138 e. The van der Waals surface area contributed by atoms with Crippen LogP contribution in [0.1, 0.15) is 56.1 Å². The molecule has 0 aromatic heterocycles. The SMILES string of the molecule is Cl.Cl.NC1CCN(C2CCCCC2(O)CCc2ccc(OCc3ccc4ccccc4c3)c(Cl)c2)CC1. The largest absolute Gasteiger partial charge is 0.487 e. The highest BCUT2D eigenvalue weighted by Gasteiger charge is 2.42. The van der Waals surface area contributed by atoms with Gasteiger partial charge in [-0.3, -0.25) is 4.90 Å². The van der Waals surface area contributed by atoms with Crippen LogP contribution in [0.15, 0.2) is 60.7 Å². The summed E-state index contributed by atoms with van der Waals surface area (Å²) in [5, 5.41) is 14.8. The topological polar surface area (TPSA) is 58.7 Å². The highest BCUT2D eigenvalue weighted by Crippen LogP contribution is 2.37. The zero-order valence-electron chi connectivity index (χ0n) is 21.3. The van der Waals surface area contributed by atoms with Gasteiger partial charge >= 0.3 is 0 Å². The van der Waals surface area contributed by atoms with E-state index in [1.165, 1.54) is 17.2 Å². The molecule has 1 aliphatic heterocycles. The van der Waals surface area contributed by atoms with Crippen molar-refractivity contribution in [2.24, 2.45) is 5.73 Å². The summed E-state index contributed by atoms with van der Waals surface area (Å²) in [5.74, 6) is 0.697. The molecule has 2 fully saturated rings. The van der Waals surface area contributed by atoms with Crippen LogP contribution in [0.5, 0.6) is 5.75 Å². The number of nitrogens with two attached hydrogens (primary N) is 1. The third-order valence-corrected chi connectivity index (χ3v) is 8.32. The zero-order chi connectivity index (χ0) is 24.3. The quantitative estimate of drug-likeness (QED) is 0.326. The van der Waals surface area contributed by atoms with Gasteiger partial charge in [0.25, 0.3) is 0 Å². The van der Waals surface area contributed by atoms with E-state index in [9.17, 15) is 5.11 Å². The van der Waals surface area contributed by atoms with E-state index in [1.807, 2.05) is 12.1 Å². The van der Waals surface area contributed by atoms with E-state index < -0.39 is 5.60 Å². The number of benzene rings is 3. The van der Waals surface area contributed by atoms with Gasteiger partial charge in [0, 0.05) is 25.2 Å². The minimum absolute atomic E-state index is 0. The van der Waals surface area contributed by atoms with E-state index in [1.54, 1.807) is 0 Å². The summed E-state index contributed by atoms with van der Waals surface area (Å²) >= 11 is 6.60. The Hall–Kier alpha value is -1.53. The van der Waals surface area contributed by atoms with Crippen molar-refractivity contribution in [1.29, 1.82) is 0 Å². The molecule has 0 bridgehead atoms. The Morgan fingerprint density at radius 3 is 2.41 bits per heavy atom. The van der Waals surface area contributed by atoms with E-state index in [4.69, 9.17) is 22.1 Å². The molecule has 3 aromatic carbocycles. The number of nitrogens with zero attached hydrogens (tertiary/aromatic N) is 1. The van der Waals surface area contributed by atoms with Gasteiger partial charge in [-0.15, -0.1) is 24.8 Å². The standard InChI is InChI=1S/C30H37ClN2O2.2ClH/c31-27-20-22(9-11-28(27)35-21-23-8-10-24-5-1-2-6-25(24)19-23)12-16-30(34)15-4-3-7-29(30)33-17-13-26(32)14-18-33;;/h1-2,5-6,8-11,19-20,26,29,34H,3-4,7,12-18,21,32H2;2*1H. The number of aliphatic hydroxyl groups is 1. The van der Waals surface area contributed by atoms with Crippen LogP contribution < -0.4 is 10.5 Å². The van der Waals surface area contributed by atoms with Crippen molar-refractivity contribution in [1.82, 2.24) is 4.90 Å². The van der Waals surface area contributed by atoms with Crippen molar-refractivity contribution in [2.45, 2.75) is 75.7 Å². The van der Waals surface area contributed by atoms with Gasteiger partial charge in [0.2, 0.25) is 0 Å². The third-order valence-electron chi connectivity index (χ3n) is 8.02. The number of rotatable bonds is 7. The molecule has 37 heavy (non-hydrogen) atoms. The lowest BCUT2D eigenvalue weighted by molar-refractivity contribution is -0.0841. The van der Waals surface area contributed by atoms with Crippen molar-refractivity contribution < 1.29 is 9.84 Å². The molecular weight excluding hydrogens is 527 g/mol. The molecule has 2 unspecified atom stereocenters. The van der Waals surface area contributed by atoms with Gasteiger partial charge in [-0.05, 0) is 78.6 Å². The van der Waals surface area contributed by atoms with Gasteiger partial charge in [-0.25, -0.2) is 0 Å². The van der Waals surface area contributed by atoms with Crippen molar-refractivity contribution in [3.05, 3.63) is 76.8 Å². The zero-order valence-corrected chi connectivity index (χ0v) is 23.7. The monoisotopic (exact) mass is 564 g/mol. The number of hydrogen-bond acceptors (Lipinski definition) is 4. The van der Waals surface area contributed by atoms with E-state index in [0.717, 1.165) is 69.2 Å². The van der Waals surface area contributed by atoms with Gasteiger partial charge in [0.15, 0.2) is 0 Å². The average molecular weight is 566 g/mol. The second kappa shape index (κ2) is 13.5. The van der Waals surface area contributed by atoms with E-state index >= 15 is 0 Å². The summed E-state index contributed by atoms with van der Waals surface area (Å²) in [6, 6.07) is 21.3. The molecule has 202 valence electrons. The molecule has 7 heteroatoms. The van der Waals surface area contributed by atoms with Crippen molar-refractivity contribution >= 4 is 47.2 Å². The Labute approximate surface area is 238 Å². The van der Waals surface area contributed by atoms with E-state index in [2.05, 4.69) is 53.4 Å². The molecule has 0 radical (unpaired) electrons. The summed E-state index contributed by atoms with van der Waals surface area (Å²) in [5.41, 5.74) is 7.74. The molecule has 2 aliphatic rings. The molecule has 1 heterocycles. The van der Waals surface area contributed by atoms with Crippen molar-refractivity contribution in [3.8, 4) is 5.75 Å². The van der Waals surface area contributed by atoms with Gasteiger partial charge < -0.3 is 15.6 Å². The number of piperidine rings is 1. The second-order valence-corrected chi connectivity index (χ2v) is 10.9.